The summed E-state index contributed by atoms with van der Waals surface area (Å²) in [4.78, 5) is 34.4. The molecule has 0 radical (unpaired) electrons. The Bertz CT molecular complexity index is 475. The number of benzene rings is 1. The van der Waals surface area contributed by atoms with Gasteiger partial charge in [-0.2, -0.15) is 0 Å². The maximum Gasteiger partial charge on any atom is 0.329 e. The van der Waals surface area contributed by atoms with E-state index in [1.807, 2.05) is 0 Å². The molecule has 0 aliphatic carbocycles. The fourth-order valence-electron chi connectivity index (χ4n) is 1.43. The van der Waals surface area contributed by atoms with Crippen molar-refractivity contribution >= 4 is 23.7 Å². The molecule has 1 atom stereocenters. The van der Waals surface area contributed by atoms with Crippen LogP contribution in [0.25, 0.3) is 0 Å². The van der Waals surface area contributed by atoms with Gasteiger partial charge in [0, 0.05) is 5.69 Å². The summed E-state index contributed by atoms with van der Waals surface area (Å²) in [5.41, 5.74) is 0.562. The van der Waals surface area contributed by atoms with Crippen LogP contribution in [0.2, 0.25) is 0 Å². The minimum absolute atomic E-state index is 0.300. The number of hydrogen-bond acceptors (Lipinski definition) is 5. The number of amides is 2. The van der Waals surface area contributed by atoms with E-state index in [-0.39, 0.29) is 6.42 Å². The van der Waals surface area contributed by atoms with Gasteiger partial charge in [0.05, 0.1) is 20.6 Å². The average molecular weight is 280 g/mol. The third kappa shape index (κ3) is 4.97. The lowest BCUT2D eigenvalue weighted by atomic mass is 10.2. The van der Waals surface area contributed by atoms with E-state index < -0.39 is 24.0 Å². The van der Waals surface area contributed by atoms with E-state index in [1.54, 1.807) is 30.3 Å². The predicted octanol–water partition coefficient (Wildman–Crippen LogP) is 0.913. The maximum absolute atomic E-state index is 11.7. The van der Waals surface area contributed by atoms with Gasteiger partial charge in [-0.3, -0.25) is 4.79 Å². The Balaban J connectivity index is 2.62. The molecule has 0 unspecified atom stereocenters. The summed E-state index contributed by atoms with van der Waals surface area (Å²) in [6, 6.07) is 6.97. The molecule has 1 aromatic carbocycles. The van der Waals surface area contributed by atoms with Crippen LogP contribution < -0.4 is 10.6 Å². The Morgan fingerprint density at radius 3 is 2.30 bits per heavy atom. The SMILES string of the molecule is COC(=O)C[C@H](NC(=O)Nc1ccccc1)C(=O)OC. The molecular formula is C13H16N2O5. The van der Waals surface area contributed by atoms with Gasteiger partial charge in [0.2, 0.25) is 0 Å². The molecule has 0 spiro atoms. The van der Waals surface area contributed by atoms with Crippen LogP contribution in [0.4, 0.5) is 10.5 Å². The summed E-state index contributed by atoms with van der Waals surface area (Å²) in [6.07, 6.45) is -0.300. The largest absolute Gasteiger partial charge is 0.469 e. The predicted molar refractivity (Wildman–Crippen MR) is 71.0 cm³/mol. The Labute approximate surface area is 116 Å². The van der Waals surface area contributed by atoms with Crippen molar-refractivity contribution in [2.45, 2.75) is 12.5 Å². The second-order valence-electron chi connectivity index (χ2n) is 3.82. The minimum Gasteiger partial charge on any atom is -0.469 e. The number of urea groups is 1. The van der Waals surface area contributed by atoms with Crippen LogP contribution in [0.5, 0.6) is 0 Å². The van der Waals surface area contributed by atoms with Crippen LogP contribution in [-0.2, 0) is 19.1 Å². The van der Waals surface area contributed by atoms with E-state index in [0.717, 1.165) is 0 Å². The number of para-hydroxylation sites is 1. The van der Waals surface area contributed by atoms with E-state index in [2.05, 4.69) is 20.1 Å². The van der Waals surface area contributed by atoms with E-state index in [9.17, 15) is 14.4 Å². The van der Waals surface area contributed by atoms with Gasteiger partial charge >= 0.3 is 18.0 Å². The molecule has 0 aliphatic heterocycles. The topological polar surface area (TPSA) is 93.7 Å². The fraction of sp³-hybridized carbons (Fsp3) is 0.308. The van der Waals surface area contributed by atoms with Gasteiger partial charge in [0.15, 0.2) is 0 Å². The first-order valence-corrected chi connectivity index (χ1v) is 5.84. The van der Waals surface area contributed by atoms with E-state index in [4.69, 9.17) is 0 Å². The molecule has 1 rings (SSSR count). The van der Waals surface area contributed by atoms with Crippen molar-refractivity contribution < 1.29 is 23.9 Å². The number of rotatable bonds is 5. The highest BCUT2D eigenvalue weighted by atomic mass is 16.5. The van der Waals surface area contributed by atoms with Crippen molar-refractivity contribution in [3.8, 4) is 0 Å². The van der Waals surface area contributed by atoms with Crippen LogP contribution >= 0.6 is 0 Å². The first-order chi connectivity index (χ1) is 9.56. The summed E-state index contributed by atoms with van der Waals surface area (Å²) in [7, 11) is 2.37. The number of hydrogen-bond donors (Lipinski definition) is 2. The lowest BCUT2D eigenvalue weighted by molar-refractivity contribution is -0.149. The first kappa shape index (κ1) is 15.5. The van der Waals surface area contributed by atoms with Gasteiger partial charge < -0.3 is 20.1 Å². The Morgan fingerprint density at radius 2 is 1.75 bits per heavy atom. The molecule has 0 saturated carbocycles. The van der Waals surface area contributed by atoms with Gasteiger partial charge in [0.25, 0.3) is 0 Å². The van der Waals surface area contributed by atoms with Crippen molar-refractivity contribution in [1.29, 1.82) is 0 Å². The normalized spacial score (nSPS) is 11.1. The molecule has 20 heavy (non-hydrogen) atoms. The van der Waals surface area contributed by atoms with E-state index >= 15 is 0 Å². The molecule has 108 valence electrons. The van der Waals surface area contributed by atoms with E-state index in [0.29, 0.717) is 5.69 Å². The number of methoxy groups -OCH3 is 2. The van der Waals surface area contributed by atoms with Crippen molar-refractivity contribution in [3.05, 3.63) is 30.3 Å². The smallest absolute Gasteiger partial charge is 0.329 e. The second-order valence-corrected chi connectivity index (χ2v) is 3.82. The van der Waals surface area contributed by atoms with Crippen LogP contribution in [0.15, 0.2) is 30.3 Å². The van der Waals surface area contributed by atoms with Crippen LogP contribution in [0.1, 0.15) is 6.42 Å². The summed E-state index contributed by atoms with van der Waals surface area (Å²) in [5, 5.41) is 4.89. The molecule has 7 nitrogen and oxygen atoms in total. The third-order valence-electron chi connectivity index (χ3n) is 2.42. The van der Waals surface area contributed by atoms with E-state index in [1.165, 1.54) is 14.2 Å². The molecule has 0 aliphatic rings. The number of ether oxygens (including phenoxy) is 2. The zero-order chi connectivity index (χ0) is 15.0. The van der Waals surface area contributed by atoms with Crippen LogP contribution in [0, 0.1) is 0 Å². The maximum atomic E-state index is 11.7. The summed E-state index contributed by atoms with van der Waals surface area (Å²) >= 11 is 0. The van der Waals surface area contributed by atoms with Gasteiger partial charge in [-0.05, 0) is 12.1 Å². The molecule has 0 aromatic heterocycles. The Morgan fingerprint density at radius 1 is 1.10 bits per heavy atom. The van der Waals surface area contributed by atoms with Crippen molar-refractivity contribution in [1.82, 2.24) is 5.32 Å². The zero-order valence-corrected chi connectivity index (χ0v) is 11.2. The molecule has 2 amide bonds. The van der Waals surface area contributed by atoms with Crippen LogP contribution in [-0.4, -0.2) is 38.2 Å². The van der Waals surface area contributed by atoms with Crippen molar-refractivity contribution in [3.63, 3.8) is 0 Å². The molecule has 0 heterocycles. The molecule has 2 N–H and O–H groups in total. The molecule has 1 aromatic rings. The summed E-state index contributed by atoms with van der Waals surface area (Å²) in [6.45, 7) is 0. The average Bonchev–Trinajstić information content (AvgIpc) is 2.46. The third-order valence-corrected chi connectivity index (χ3v) is 2.42. The van der Waals surface area contributed by atoms with Gasteiger partial charge in [-0.1, -0.05) is 18.2 Å². The standard InChI is InChI=1S/C13H16N2O5/c1-19-11(16)8-10(12(17)20-2)15-13(18)14-9-6-4-3-5-7-9/h3-7,10H,8H2,1-2H3,(H2,14,15,18)/t10-/m0/s1. The lowest BCUT2D eigenvalue weighted by Gasteiger charge is -2.15. The molecule has 0 fully saturated rings. The highest BCUT2D eigenvalue weighted by Crippen LogP contribution is 2.05. The lowest BCUT2D eigenvalue weighted by Crippen LogP contribution is -2.45. The van der Waals surface area contributed by atoms with Crippen molar-refractivity contribution in [2.24, 2.45) is 0 Å². The highest BCUT2D eigenvalue weighted by Gasteiger charge is 2.25. The van der Waals surface area contributed by atoms with Gasteiger partial charge in [-0.15, -0.1) is 0 Å². The van der Waals surface area contributed by atoms with Crippen molar-refractivity contribution in [2.75, 3.05) is 19.5 Å². The molecule has 0 saturated heterocycles. The number of esters is 2. The quantitative estimate of drug-likeness (QED) is 0.782. The first-order valence-electron chi connectivity index (χ1n) is 5.84. The summed E-state index contributed by atoms with van der Waals surface area (Å²) < 4.78 is 8.98. The molecule has 0 bridgehead atoms. The number of carbonyl (C=O) groups excluding carboxylic acids is 3. The minimum atomic E-state index is -1.10. The zero-order valence-electron chi connectivity index (χ0n) is 11.2. The van der Waals surface area contributed by atoms with Gasteiger partial charge in [0.1, 0.15) is 6.04 Å². The number of carbonyl (C=O) groups is 3. The van der Waals surface area contributed by atoms with Crippen LogP contribution in [0.3, 0.4) is 0 Å². The Hall–Kier alpha value is -2.57. The molecular weight excluding hydrogens is 264 g/mol. The molecule has 7 heteroatoms. The monoisotopic (exact) mass is 280 g/mol. The summed E-state index contributed by atoms with van der Waals surface area (Å²) in [5.74, 6) is -1.35. The Kier molecular flexibility index (Phi) is 6.02. The number of anilines is 1. The van der Waals surface area contributed by atoms with Gasteiger partial charge in [-0.25, -0.2) is 9.59 Å². The fourth-order valence-corrected chi connectivity index (χ4v) is 1.43. The number of nitrogens with one attached hydrogen (secondary N) is 2. The highest BCUT2D eigenvalue weighted by molar-refractivity contribution is 5.93. The second kappa shape index (κ2) is 7.78.